The molecule has 0 saturated heterocycles. The Balaban J connectivity index is 2.29. The summed E-state index contributed by atoms with van der Waals surface area (Å²) >= 11 is 0. The minimum absolute atomic E-state index is 0.129. The predicted octanol–water partition coefficient (Wildman–Crippen LogP) is 3.72. The van der Waals surface area contributed by atoms with Crippen LogP contribution in [-0.2, 0) is 0 Å². The van der Waals surface area contributed by atoms with Crippen molar-refractivity contribution in [3.05, 3.63) is 59.2 Å². The Morgan fingerprint density at radius 1 is 1.16 bits per heavy atom. The number of carbonyl (C=O) groups is 1. The highest BCUT2D eigenvalue weighted by molar-refractivity contribution is 5.90. The van der Waals surface area contributed by atoms with Gasteiger partial charge in [0.05, 0.1) is 11.3 Å². The van der Waals surface area contributed by atoms with Crippen molar-refractivity contribution in [2.45, 2.75) is 6.92 Å². The van der Waals surface area contributed by atoms with Crippen LogP contribution in [0.1, 0.15) is 15.9 Å². The number of benzene rings is 2. The van der Waals surface area contributed by atoms with Gasteiger partial charge in [-0.25, -0.2) is 13.6 Å². The van der Waals surface area contributed by atoms with Gasteiger partial charge in [0.15, 0.2) is 0 Å². The predicted molar refractivity (Wildman–Crippen MR) is 67.8 cm³/mol. The van der Waals surface area contributed by atoms with Crippen LogP contribution in [0.15, 0.2) is 36.4 Å². The van der Waals surface area contributed by atoms with Gasteiger partial charge in [0, 0.05) is 11.8 Å². The molecule has 0 radical (unpaired) electrons. The third-order valence-electron chi connectivity index (χ3n) is 2.67. The van der Waals surface area contributed by atoms with Crippen LogP contribution in [0.5, 0.6) is 0 Å². The molecule has 19 heavy (non-hydrogen) atoms. The van der Waals surface area contributed by atoms with Gasteiger partial charge in [-0.2, -0.15) is 0 Å². The van der Waals surface area contributed by atoms with Gasteiger partial charge in [-0.3, -0.25) is 0 Å². The highest BCUT2D eigenvalue weighted by Gasteiger charge is 2.08. The number of carboxylic acids is 1. The smallest absolute Gasteiger partial charge is 0.335 e. The molecule has 0 aliphatic carbocycles. The summed E-state index contributed by atoms with van der Waals surface area (Å²) in [6.07, 6.45) is 0. The lowest BCUT2D eigenvalue weighted by molar-refractivity contribution is 0.0696. The molecule has 98 valence electrons. The standard InChI is InChI=1S/C14H11F2NO2/c1-8-6-10(3-4-11(8)14(18)19)17-13-5-2-9(15)7-12(13)16/h2-7,17H,1H3,(H,18,19). The lowest BCUT2D eigenvalue weighted by Gasteiger charge is -2.09. The molecule has 0 aliphatic heterocycles. The maximum Gasteiger partial charge on any atom is 0.335 e. The van der Waals surface area contributed by atoms with E-state index in [9.17, 15) is 13.6 Å². The van der Waals surface area contributed by atoms with Gasteiger partial charge in [0.2, 0.25) is 0 Å². The van der Waals surface area contributed by atoms with Gasteiger partial charge in [-0.1, -0.05) is 0 Å². The Labute approximate surface area is 108 Å². The molecule has 2 aromatic carbocycles. The summed E-state index contributed by atoms with van der Waals surface area (Å²) in [5.74, 6) is -2.38. The second-order valence-corrected chi connectivity index (χ2v) is 4.08. The molecule has 5 heteroatoms. The van der Waals surface area contributed by atoms with Crippen molar-refractivity contribution in [3.63, 3.8) is 0 Å². The van der Waals surface area contributed by atoms with Crippen LogP contribution in [-0.4, -0.2) is 11.1 Å². The number of carboxylic acid groups (broad SMARTS) is 1. The van der Waals surface area contributed by atoms with E-state index in [1.165, 1.54) is 18.2 Å². The van der Waals surface area contributed by atoms with Gasteiger partial charge in [-0.05, 0) is 42.8 Å². The summed E-state index contributed by atoms with van der Waals surface area (Å²) in [4.78, 5) is 10.9. The minimum Gasteiger partial charge on any atom is -0.478 e. The fraction of sp³-hybridized carbons (Fsp3) is 0.0714. The van der Waals surface area contributed by atoms with E-state index in [1.807, 2.05) is 0 Å². The lowest BCUT2D eigenvalue weighted by Crippen LogP contribution is -2.01. The summed E-state index contributed by atoms with van der Waals surface area (Å²) in [5.41, 5.74) is 1.40. The van der Waals surface area contributed by atoms with E-state index < -0.39 is 17.6 Å². The monoisotopic (exact) mass is 263 g/mol. The molecule has 0 aromatic heterocycles. The van der Waals surface area contributed by atoms with Crippen LogP contribution in [0.2, 0.25) is 0 Å². The molecule has 0 fully saturated rings. The van der Waals surface area contributed by atoms with Gasteiger partial charge >= 0.3 is 5.97 Å². The van der Waals surface area contributed by atoms with Crippen LogP contribution in [0.25, 0.3) is 0 Å². The van der Waals surface area contributed by atoms with E-state index in [2.05, 4.69) is 5.32 Å². The molecule has 0 spiro atoms. The Kier molecular flexibility index (Phi) is 3.46. The summed E-state index contributed by atoms with van der Waals surface area (Å²) in [7, 11) is 0. The first-order chi connectivity index (χ1) is 8.97. The second-order valence-electron chi connectivity index (χ2n) is 4.08. The maximum atomic E-state index is 13.4. The molecule has 0 bridgehead atoms. The average molecular weight is 263 g/mol. The molecule has 0 unspecified atom stereocenters. The van der Waals surface area contributed by atoms with Crippen LogP contribution in [0.3, 0.4) is 0 Å². The van der Waals surface area contributed by atoms with Crippen molar-refractivity contribution in [2.24, 2.45) is 0 Å². The Morgan fingerprint density at radius 3 is 2.47 bits per heavy atom. The number of hydrogen-bond donors (Lipinski definition) is 2. The van der Waals surface area contributed by atoms with Crippen molar-refractivity contribution in [3.8, 4) is 0 Å². The van der Waals surface area contributed by atoms with Crippen molar-refractivity contribution in [1.29, 1.82) is 0 Å². The maximum absolute atomic E-state index is 13.4. The summed E-state index contributed by atoms with van der Waals surface area (Å²) in [5, 5.41) is 11.7. The topological polar surface area (TPSA) is 49.3 Å². The van der Waals surface area contributed by atoms with Crippen molar-refractivity contribution >= 4 is 17.3 Å². The van der Waals surface area contributed by atoms with E-state index in [-0.39, 0.29) is 11.3 Å². The molecule has 2 N–H and O–H groups in total. The molecule has 0 saturated carbocycles. The summed E-state index contributed by atoms with van der Waals surface area (Å²) in [6, 6.07) is 7.75. The second kappa shape index (κ2) is 5.06. The first-order valence-electron chi connectivity index (χ1n) is 5.53. The van der Waals surface area contributed by atoms with Gasteiger partial charge < -0.3 is 10.4 Å². The number of nitrogens with one attached hydrogen (secondary N) is 1. The van der Waals surface area contributed by atoms with E-state index in [0.717, 1.165) is 12.1 Å². The Hall–Kier alpha value is -2.43. The number of anilines is 2. The third kappa shape index (κ3) is 2.88. The molecule has 0 amide bonds. The highest BCUT2D eigenvalue weighted by atomic mass is 19.1. The Morgan fingerprint density at radius 2 is 1.89 bits per heavy atom. The number of halogens is 2. The van der Waals surface area contributed by atoms with Crippen LogP contribution in [0, 0.1) is 18.6 Å². The first kappa shape index (κ1) is 13.0. The average Bonchev–Trinajstić information content (AvgIpc) is 2.32. The third-order valence-corrected chi connectivity index (χ3v) is 2.67. The zero-order chi connectivity index (χ0) is 14.0. The number of hydrogen-bond acceptors (Lipinski definition) is 2. The van der Waals surface area contributed by atoms with Crippen molar-refractivity contribution in [1.82, 2.24) is 0 Å². The molecule has 0 aliphatic rings. The molecule has 2 rings (SSSR count). The highest BCUT2D eigenvalue weighted by Crippen LogP contribution is 2.22. The summed E-state index contributed by atoms with van der Waals surface area (Å²) < 4.78 is 26.2. The van der Waals surface area contributed by atoms with Crippen molar-refractivity contribution < 1.29 is 18.7 Å². The van der Waals surface area contributed by atoms with E-state index >= 15 is 0 Å². The quantitative estimate of drug-likeness (QED) is 0.887. The molecular weight excluding hydrogens is 252 g/mol. The number of rotatable bonds is 3. The largest absolute Gasteiger partial charge is 0.478 e. The fourth-order valence-corrected chi connectivity index (χ4v) is 1.73. The van der Waals surface area contributed by atoms with Crippen LogP contribution in [0.4, 0.5) is 20.2 Å². The Bertz CT molecular complexity index is 641. The molecule has 3 nitrogen and oxygen atoms in total. The molecule has 2 aromatic rings. The lowest BCUT2D eigenvalue weighted by atomic mass is 10.1. The van der Waals surface area contributed by atoms with Gasteiger partial charge in [-0.15, -0.1) is 0 Å². The summed E-state index contributed by atoms with van der Waals surface area (Å²) in [6.45, 7) is 1.65. The molecular formula is C14H11F2NO2. The van der Waals surface area contributed by atoms with Gasteiger partial charge in [0.1, 0.15) is 11.6 Å². The zero-order valence-corrected chi connectivity index (χ0v) is 10.1. The zero-order valence-electron chi connectivity index (χ0n) is 10.1. The van der Waals surface area contributed by atoms with Gasteiger partial charge in [0.25, 0.3) is 0 Å². The van der Waals surface area contributed by atoms with E-state index in [1.54, 1.807) is 13.0 Å². The SMILES string of the molecule is Cc1cc(Nc2ccc(F)cc2F)ccc1C(=O)O. The molecule has 0 heterocycles. The van der Waals surface area contributed by atoms with E-state index in [4.69, 9.17) is 5.11 Å². The fourth-order valence-electron chi connectivity index (χ4n) is 1.73. The normalized spacial score (nSPS) is 10.3. The number of aromatic carboxylic acids is 1. The molecule has 0 atom stereocenters. The first-order valence-corrected chi connectivity index (χ1v) is 5.53. The van der Waals surface area contributed by atoms with Crippen molar-refractivity contribution in [2.75, 3.05) is 5.32 Å². The van der Waals surface area contributed by atoms with Crippen LogP contribution >= 0.6 is 0 Å². The minimum atomic E-state index is -1.02. The van der Waals surface area contributed by atoms with Crippen LogP contribution < -0.4 is 5.32 Å². The number of aryl methyl sites for hydroxylation is 1. The van der Waals surface area contributed by atoms with E-state index in [0.29, 0.717) is 11.3 Å².